The van der Waals surface area contributed by atoms with Gasteiger partial charge in [0.2, 0.25) is 0 Å². The average Bonchev–Trinajstić information content (AvgIpc) is 3.21. The first-order valence-electron chi connectivity index (χ1n) is 8.93. The summed E-state index contributed by atoms with van der Waals surface area (Å²) in [6, 6.07) is 8.54. The maximum atomic E-state index is 4.48. The number of halogens is 2. The number of aromatic nitrogens is 1. The Morgan fingerprint density at radius 1 is 1.37 bits per heavy atom. The van der Waals surface area contributed by atoms with Crippen molar-refractivity contribution in [2.75, 3.05) is 31.6 Å². The molecule has 27 heavy (non-hydrogen) atoms. The molecule has 1 aromatic heterocycles. The zero-order valence-electron chi connectivity index (χ0n) is 16.0. The number of benzene rings is 1. The number of nitrogens with one attached hydrogen (secondary N) is 2. The van der Waals surface area contributed by atoms with Gasteiger partial charge in [-0.05, 0) is 44.4 Å². The number of aliphatic imine (C=N–C) groups is 1. The zero-order chi connectivity index (χ0) is 18.5. The lowest BCUT2D eigenvalue weighted by Crippen LogP contribution is -2.39. The number of hydrogen-bond acceptors (Lipinski definition) is 4. The summed E-state index contributed by atoms with van der Waals surface area (Å²) in [5, 5.41) is 7.99. The van der Waals surface area contributed by atoms with Gasteiger partial charge in [-0.25, -0.2) is 4.98 Å². The summed E-state index contributed by atoms with van der Waals surface area (Å²) >= 11 is 5.30. The summed E-state index contributed by atoms with van der Waals surface area (Å²) in [4.78, 5) is 12.6. The lowest BCUT2D eigenvalue weighted by molar-refractivity contribution is 0.566. The highest BCUT2D eigenvalue weighted by Crippen LogP contribution is 2.26. The van der Waals surface area contributed by atoms with E-state index in [9.17, 15) is 0 Å². The number of anilines is 1. The molecule has 0 aliphatic carbocycles. The molecule has 2 heterocycles. The van der Waals surface area contributed by atoms with Gasteiger partial charge in [-0.1, -0.05) is 22.0 Å². The first-order valence-corrected chi connectivity index (χ1v) is 10.5. The van der Waals surface area contributed by atoms with Gasteiger partial charge in [0.1, 0.15) is 0 Å². The van der Waals surface area contributed by atoms with Gasteiger partial charge < -0.3 is 15.5 Å². The van der Waals surface area contributed by atoms with Crippen molar-refractivity contribution < 1.29 is 0 Å². The third-order valence-electron chi connectivity index (χ3n) is 4.66. The molecule has 1 aliphatic rings. The van der Waals surface area contributed by atoms with Crippen LogP contribution in [0, 0.1) is 19.8 Å². The van der Waals surface area contributed by atoms with E-state index in [1.807, 2.05) is 14.0 Å². The third kappa shape index (κ3) is 6.32. The van der Waals surface area contributed by atoms with Crippen molar-refractivity contribution >= 4 is 62.9 Å². The van der Waals surface area contributed by atoms with E-state index < -0.39 is 0 Å². The van der Waals surface area contributed by atoms with Gasteiger partial charge in [0, 0.05) is 41.7 Å². The van der Waals surface area contributed by atoms with Crippen LogP contribution in [0.15, 0.2) is 33.7 Å². The molecule has 2 N–H and O–H groups in total. The first-order chi connectivity index (χ1) is 12.5. The van der Waals surface area contributed by atoms with Crippen LogP contribution in [0.2, 0.25) is 0 Å². The van der Waals surface area contributed by atoms with Crippen LogP contribution in [-0.2, 0) is 6.54 Å². The Morgan fingerprint density at radius 3 is 2.85 bits per heavy atom. The maximum absolute atomic E-state index is 4.48. The minimum Gasteiger partial charge on any atom is -0.371 e. The lowest BCUT2D eigenvalue weighted by Gasteiger charge is -2.19. The van der Waals surface area contributed by atoms with Crippen LogP contribution in [0.4, 0.5) is 5.69 Å². The Labute approximate surface area is 191 Å². The molecule has 0 amide bonds. The largest absolute Gasteiger partial charge is 0.371 e. The Bertz CT molecular complexity index is 779. The van der Waals surface area contributed by atoms with Gasteiger partial charge in [-0.2, -0.15) is 0 Å². The Hall–Kier alpha value is -0.870. The van der Waals surface area contributed by atoms with Gasteiger partial charge in [-0.15, -0.1) is 35.3 Å². The molecule has 1 atom stereocenters. The summed E-state index contributed by atoms with van der Waals surface area (Å²) < 4.78 is 1.13. The van der Waals surface area contributed by atoms with Crippen LogP contribution in [0.3, 0.4) is 0 Å². The van der Waals surface area contributed by atoms with E-state index >= 15 is 0 Å². The van der Waals surface area contributed by atoms with E-state index in [0.717, 1.165) is 47.3 Å². The molecule has 2 aromatic rings. The van der Waals surface area contributed by atoms with Crippen molar-refractivity contribution in [1.82, 2.24) is 15.6 Å². The molecule has 1 aromatic carbocycles. The van der Waals surface area contributed by atoms with Crippen molar-refractivity contribution in [2.24, 2.45) is 10.9 Å². The van der Waals surface area contributed by atoms with E-state index in [2.05, 4.69) is 72.6 Å². The summed E-state index contributed by atoms with van der Waals surface area (Å²) in [6.07, 6.45) is 1.20. The molecule has 1 fully saturated rings. The van der Waals surface area contributed by atoms with Crippen molar-refractivity contribution in [2.45, 2.75) is 26.8 Å². The first kappa shape index (κ1) is 22.4. The molecule has 0 spiro atoms. The van der Waals surface area contributed by atoms with Crippen molar-refractivity contribution in [3.8, 4) is 0 Å². The Balaban J connectivity index is 0.00000261. The number of hydrogen-bond donors (Lipinski definition) is 2. The van der Waals surface area contributed by atoms with Gasteiger partial charge >= 0.3 is 0 Å². The van der Waals surface area contributed by atoms with Crippen LogP contribution in [0.5, 0.6) is 0 Å². The second-order valence-electron chi connectivity index (χ2n) is 6.63. The molecule has 0 bridgehead atoms. The molecule has 148 valence electrons. The molecule has 3 rings (SSSR count). The molecular formula is C19H27BrIN5S. The third-order valence-corrected chi connectivity index (χ3v) is 6.22. The monoisotopic (exact) mass is 563 g/mol. The predicted molar refractivity (Wildman–Crippen MR) is 130 cm³/mol. The normalized spacial score (nSPS) is 17.0. The molecule has 1 saturated heterocycles. The van der Waals surface area contributed by atoms with E-state index in [1.165, 1.54) is 17.0 Å². The molecule has 8 heteroatoms. The quantitative estimate of drug-likeness (QED) is 0.323. The summed E-state index contributed by atoms with van der Waals surface area (Å²) in [5.41, 5.74) is 2.40. The lowest BCUT2D eigenvalue weighted by atomic mass is 10.1. The smallest absolute Gasteiger partial charge is 0.191 e. The molecule has 0 radical (unpaired) electrons. The average molecular weight is 564 g/mol. The topological polar surface area (TPSA) is 52.6 Å². The number of guanidine groups is 1. The van der Waals surface area contributed by atoms with E-state index in [4.69, 9.17) is 0 Å². The van der Waals surface area contributed by atoms with E-state index in [0.29, 0.717) is 5.92 Å². The molecule has 5 nitrogen and oxygen atoms in total. The molecule has 1 unspecified atom stereocenters. The molecule has 1 aliphatic heterocycles. The van der Waals surface area contributed by atoms with Crippen LogP contribution in [-0.4, -0.2) is 37.6 Å². The van der Waals surface area contributed by atoms with E-state index in [-0.39, 0.29) is 24.0 Å². The van der Waals surface area contributed by atoms with Crippen LogP contribution >= 0.6 is 51.2 Å². The molecule has 0 saturated carbocycles. The Morgan fingerprint density at radius 2 is 2.19 bits per heavy atom. The molecular weight excluding hydrogens is 537 g/mol. The van der Waals surface area contributed by atoms with Gasteiger partial charge in [-0.3, -0.25) is 4.99 Å². The van der Waals surface area contributed by atoms with Crippen molar-refractivity contribution in [3.05, 3.63) is 44.3 Å². The fourth-order valence-electron chi connectivity index (χ4n) is 3.27. The van der Waals surface area contributed by atoms with Gasteiger partial charge in [0.15, 0.2) is 5.96 Å². The summed E-state index contributed by atoms with van der Waals surface area (Å²) in [5.74, 6) is 1.48. The number of thiazole rings is 1. The zero-order valence-corrected chi connectivity index (χ0v) is 20.7. The number of nitrogens with zero attached hydrogens (tertiary/aromatic N) is 3. The summed E-state index contributed by atoms with van der Waals surface area (Å²) in [7, 11) is 1.82. The van der Waals surface area contributed by atoms with Crippen molar-refractivity contribution in [3.63, 3.8) is 0 Å². The van der Waals surface area contributed by atoms with Crippen molar-refractivity contribution in [1.29, 1.82) is 0 Å². The minimum atomic E-state index is 0. The van der Waals surface area contributed by atoms with E-state index in [1.54, 1.807) is 11.3 Å². The maximum Gasteiger partial charge on any atom is 0.191 e. The second kappa shape index (κ2) is 10.6. The fourth-order valence-corrected chi connectivity index (χ4v) is 4.53. The number of aryl methyl sites for hydroxylation is 2. The Kier molecular flexibility index (Phi) is 8.81. The fraction of sp³-hybridized carbons (Fsp3) is 0.474. The second-order valence-corrected chi connectivity index (χ2v) is 8.83. The highest BCUT2D eigenvalue weighted by molar-refractivity contribution is 14.0. The van der Waals surface area contributed by atoms with Crippen LogP contribution in [0.1, 0.15) is 22.0 Å². The predicted octanol–water partition coefficient (Wildman–Crippen LogP) is 4.33. The van der Waals surface area contributed by atoms with Gasteiger partial charge in [0.05, 0.1) is 17.2 Å². The van der Waals surface area contributed by atoms with Crippen LogP contribution in [0.25, 0.3) is 0 Å². The summed E-state index contributed by atoms with van der Waals surface area (Å²) in [6.45, 7) is 8.00. The SMILES string of the molecule is CN=C(NCc1sc(C)nc1C)NCC1CCN(c2cccc(Br)c2)C1.I. The van der Waals surface area contributed by atoms with Crippen LogP contribution < -0.4 is 15.5 Å². The standard InChI is InChI=1S/C19H26BrN5S.HI/c1-13-18(26-14(2)24-13)11-23-19(21-3)22-10-15-7-8-25(12-15)17-6-4-5-16(20)9-17;/h4-6,9,15H,7-8,10-12H2,1-3H3,(H2,21,22,23);1H. The highest BCUT2D eigenvalue weighted by atomic mass is 127. The minimum absolute atomic E-state index is 0. The van der Waals surface area contributed by atoms with Gasteiger partial charge in [0.25, 0.3) is 0 Å². The highest BCUT2D eigenvalue weighted by Gasteiger charge is 2.23. The number of rotatable bonds is 5.